The molecule has 2 heterocycles. The fourth-order valence-corrected chi connectivity index (χ4v) is 3.83. The second-order valence-electron chi connectivity index (χ2n) is 5.36. The maximum Gasteiger partial charge on any atom is 0.232 e. The van der Waals surface area contributed by atoms with E-state index in [9.17, 15) is 4.79 Å². The van der Waals surface area contributed by atoms with Crippen molar-refractivity contribution in [3.63, 3.8) is 0 Å². The van der Waals surface area contributed by atoms with Crippen LogP contribution in [0.1, 0.15) is 12.8 Å². The van der Waals surface area contributed by atoms with Crippen molar-refractivity contribution in [2.75, 3.05) is 25.4 Å². The summed E-state index contributed by atoms with van der Waals surface area (Å²) in [5, 5.41) is 3.54. The Morgan fingerprint density at radius 1 is 1.32 bits per heavy atom. The van der Waals surface area contributed by atoms with Gasteiger partial charge in [0.05, 0.1) is 5.75 Å². The Balaban J connectivity index is 1.51. The summed E-state index contributed by atoms with van der Waals surface area (Å²) in [6.45, 7) is 2.96. The Labute approximate surface area is 118 Å². The number of likely N-dealkylation sites (tertiary alicyclic amines) is 1. The number of amides is 1. The molecular weight excluding hydrogens is 256 g/mol. The summed E-state index contributed by atoms with van der Waals surface area (Å²) in [6, 6.07) is 10.7. The van der Waals surface area contributed by atoms with Gasteiger partial charge in [0, 0.05) is 24.0 Å². The van der Waals surface area contributed by atoms with Crippen LogP contribution >= 0.6 is 11.8 Å². The molecule has 1 N–H and O–H groups in total. The molecule has 0 aromatic heterocycles. The fourth-order valence-electron chi connectivity index (χ4n) is 3.00. The van der Waals surface area contributed by atoms with E-state index in [2.05, 4.69) is 17.4 Å². The standard InChI is InChI=1S/C15H20N2OS/c18-15(11-19-13-6-2-1-3-7-13)17-9-12-5-4-8-16-14(12)10-17/h1-3,6-7,12,14,16H,4-5,8-11H2/t12-,14+/m0/s1. The first-order valence-corrected chi connectivity index (χ1v) is 8.00. The average Bonchev–Trinajstić information content (AvgIpc) is 2.90. The minimum atomic E-state index is 0.282. The Morgan fingerprint density at radius 2 is 2.16 bits per heavy atom. The largest absolute Gasteiger partial charge is 0.340 e. The smallest absolute Gasteiger partial charge is 0.232 e. The molecule has 102 valence electrons. The van der Waals surface area contributed by atoms with Gasteiger partial charge in [-0.3, -0.25) is 4.79 Å². The number of rotatable bonds is 3. The molecule has 1 aromatic rings. The van der Waals surface area contributed by atoms with Crippen LogP contribution in [0.25, 0.3) is 0 Å². The van der Waals surface area contributed by atoms with E-state index in [-0.39, 0.29) is 5.91 Å². The molecule has 0 bridgehead atoms. The highest BCUT2D eigenvalue weighted by Crippen LogP contribution is 2.26. The summed E-state index contributed by atoms with van der Waals surface area (Å²) < 4.78 is 0. The van der Waals surface area contributed by atoms with E-state index in [4.69, 9.17) is 0 Å². The molecule has 0 radical (unpaired) electrons. The zero-order valence-corrected chi connectivity index (χ0v) is 11.9. The summed E-state index contributed by atoms with van der Waals surface area (Å²) >= 11 is 1.64. The molecule has 0 unspecified atom stereocenters. The molecule has 19 heavy (non-hydrogen) atoms. The van der Waals surface area contributed by atoms with E-state index in [0.29, 0.717) is 17.7 Å². The highest BCUT2D eigenvalue weighted by atomic mass is 32.2. The molecule has 1 amide bonds. The summed E-state index contributed by atoms with van der Waals surface area (Å²) in [6.07, 6.45) is 2.52. The summed E-state index contributed by atoms with van der Waals surface area (Å²) in [5.74, 6) is 1.52. The monoisotopic (exact) mass is 276 g/mol. The van der Waals surface area contributed by atoms with Crippen LogP contribution < -0.4 is 5.32 Å². The zero-order valence-electron chi connectivity index (χ0n) is 11.0. The third kappa shape index (κ3) is 3.12. The van der Waals surface area contributed by atoms with Gasteiger partial charge >= 0.3 is 0 Å². The molecule has 2 aliphatic heterocycles. The molecule has 2 fully saturated rings. The van der Waals surface area contributed by atoms with Crippen molar-refractivity contribution >= 4 is 17.7 Å². The van der Waals surface area contributed by atoms with E-state index in [0.717, 1.165) is 19.6 Å². The van der Waals surface area contributed by atoms with Crippen LogP contribution in [0, 0.1) is 5.92 Å². The minimum absolute atomic E-state index is 0.282. The number of fused-ring (bicyclic) bond motifs is 1. The minimum Gasteiger partial charge on any atom is -0.340 e. The Bertz CT molecular complexity index is 423. The lowest BCUT2D eigenvalue weighted by atomic mass is 9.94. The van der Waals surface area contributed by atoms with Crippen molar-refractivity contribution in [2.45, 2.75) is 23.8 Å². The second kappa shape index (κ2) is 5.97. The van der Waals surface area contributed by atoms with E-state index in [1.54, 1.807) is 11.8 Å². The van der Waals surface area contributed by atoms with Gasteiger partial charge in [0.2, 0.25) is 5.91 Å². The number of hydrogen-bond acceptors (Lipinski definition) is 3. The molecule has 3 rings (SSSR count). The number of nitrogens with zero attached hydrogens (tertiary/aromatic N) is 1. The van der Waals surface area contributed by atoms with Crippen molar-refractivity contribution < 1.29 is 4.79 Å². The number of nitrogens with one attached hydrogen (secondary N) is 1. The van der Waals surface area contributed by atoms with Gasteiger partial charge in [-0.15, -0.1) is 11.8 Å². The van der Waals surface area contributed by atoms with Gasteiger partial charge in [-0.05, 0) is 37.4 Å². The molecule has 4 heteroatoms. The van der Waals surface area contributed by atoms with Crippen LogP contribution in [-0.2, 0) is 4.79 Å². The predicted molar refractivity (Wildman–Crippen MR) is 78.3 cm³/mol. The molecule has 2 atom stereocenters. The molecule has 0 saturated carbocycles. The highest BCUT2D eigenvalue weighted by molar-refractivity contribution is 8.00. The Hall–Kier alpha value is -1.00. The number of thioether (sulfide) groups is 1. The maximum atomic E-state index is 12.2. The molecular formula is C15H20N2OS. The molecule has 3 nitrogen and oxygen atoms in total. The SMILES string of the molecule is O=C(CSc1ccccc1)N1C[C@@H]2CCCN[C@@H]2C1. The van der Waals surface area contributed by atoms with Crippen LogP contribution in [0.2, 0.25) is 0 Å². The van der Waals surface area contributed by atoms with Crippen LogP contribution in [0.15, 0.2) is 35.2 Å². The zero-order chi connectivity index (χ0) is 13.1. The van der Waals surface area contributed by atoms with Gasteiger partial charge in [0.1, 0.15) is 0 Å². The van der Waals surface area contributed by atoms with Gasteiger partial charge < -0.3 is 10.2 Å². The van der Waals surface area contributed by atoms with E-state index in [1.165, 1.54) is 17.7 Å². The average molecular weight is 276 g/mol. The lowest BCUT2D eigenvalue weighted by Crippen LogP contribution is -2.41. The lowest BCUT2D eigenvalue weighted by molar-refractivity contribution is -0.127. The summed E-state index contributed by atoms with van der Waals surface area (Å²) in [4.78, 5) is 15.5. The van der Waals surface area contributed by atoms with Crippen molar-refractivity contribution in [3.05, 3.63) is 30.3 Å². The highest BCUT2D eigenvalue weighted by Gasteiger charge is 2.36. The van der Waals surface area contributed by atoms with Gasteiger partial charge in [-0.1, -0.05) is 18.2 Å². The van der Waals surface area contributed by atoms with Crippen LogP contribution in [0.3, 0.4) is 0 Å². The number of benzene rings is 1. The molecule has 0 aliphatic carbocycles. The number of carbonyl (C=O) groups excluding carboxylic acids is 1. The van der Waals surface area contributed by atoms with Crippen molar-refractivity contribution in [3.8, 4) is 0 Å². The number of carbonyl (C=O) groups is 1. The summed E-state index contributed by atoms with van der Waals surface area (Å²) in [5.41, 5.74) is 0. The quantitative estimate of drug-likeness (QED) is 0.857. The van der Waals surface area contributed by atoms with E-state index < -0.39 is 0 Å². The van der Waals surface area contributed by atoms with E-state index >= 15 is 0 Å². The van der Waals surface area contributed by atoms with Gasteiger partial charge in [-0.25, -0.2) is 0 Å². The molecule has 1 aromatic carbocycles. The maximum absolute atomic E-state index is 12.2. The summed E-state index contributed by atoms with van der Waals surface area (Å²) in [7, 11) is 0. The van der Waals surface area contributed by atoms with Crippen LogP contribution in [0.4, 0.5) is 0 Å². The first-order valence-electron chi connectivity index (χ1n) is 7.02. The first kappa shape index (κ1) is 13.0. The molecule has 2 saturated heterocycles. The second-order valence-corrected chi connectivity index (χ2v) is 6.41. The first-order chi connectivity index (χ1) is 9.33. The van der Waals surface area contributed by atoms with Gasteiger partial charge in [-0.2, -0.15) is 0 Å². The van der Waals surface area contributed by atoms with Crippen LogP contribution in [-0.4, -0.2) is 42.2 Å². The predicted octanol–water partition coefficient (Wildman–Crippen LogP) is 1.99. The topological polar surface area (TPSA) is 32.3 Å². The van der Waals surface area contributed by atoms with Crippen molar-refractivity contribution in [2.24, 2.45) is 5.92 Å². The third-order valence-electron chi connectivity index (χ3n) is 4.06. The van der Waals surface area contributed by atoms with Crippen LogP contribution in [0.5, 0.6) is 0 Å². The Kier molecular flexibility index (Phi) is 4.09. The fraction of sp³-hybridized carbons (Fsp3) is 0.533. The molecule has 2 aliphatic rings. The number of piperidine rings is 1. The number of hydrogen-bond donors (Lipinski definition) is 1. The lowest BCUT2D eigenvalue weighted by Gasteiger charge is -2.24. The van der Waals surface area contributed by atoms with Gasteiger partial charge in [0.25, 0.3) is 0 Å². The molecule has 0 spiro atoms. The van der Waals surface area contributed by atoms with E-state index in [1.807, 2.05) is 23.1 Å². The normalized spacial score (nSPS) is 26.2. The van der Waals surface area contributed by atoms with Gasteiger partial charge in [0.15, 0.2) is 0 Å². The third-order valence-corrected chi connectivity index (χ3v) is 5.05. The van der Waals surface area contributed by atoms with Crippen molar-refractivity contribution in [1.82, 2.24) is 10.2 Å². The van der Waals surface area contributed by atoms with Crippen molar-refractivity contribution in [1.29, 1.82) is 0 Å². The Morgan fingerprint density at radius 3 is 2.95 bits per heavy atom.